The number of Topliss-reactive ketones (excluding diaryl/α,β-unsaturated/α-hetero) is 1. The van der Waals surface area contributed by atoms with Gasteiger partial charge in [0, 0.05) is 35.5 Å². The maximum Gasteiger partial charge on any atom is 0.271 e. The van der Waals surface area contributed by atoms with E-state index in [4.69, 9.17) is 0 Å². The first-order chi connectivity index (χ1) is 14.8. The van der Waals surface area contributed by atoms with Crippen molar-refractivity contribution < 1.29 is 14.4 Å². The average Bonchev–Trinajstić information content (AvgIpc) is 3.06. The van der Waals surface area contributed by atoms with E-state index in [1.165, 1.54) is 0 Å². The fourth-order valence-corrected chi connectivity index (χ4v) is 3.51. The number of nitrogens with one attached hydrogen (secondary N) is 2. The van der Waals surface area contributed by atoms with Crippen LogP contribution in [0.3, 0.4) is 0 Å². The van der Waals surface area contributed by atoms with Crippen molar-refractivity contribution in [2.24, 2.45) is 0 Å². The number of hydrogen-bond donors (Lipinski definition) is 2. The van der Waals surface area contributed by atoms with E-state index in [9.17, 15) is 14.4 Å². The number of carbonyl (C=O) groups excluding carboxylic acids is 3. The van der Waals surface area contributed by atoms with Crippen molar-refractivity contribution in [1.29, 1.82) is 0 Å². The largest absolute Gasteiger partial charge is 0.318 e. The van der Waals surface area contributed by atoms with Gasteiger partial charge in [0.25, 0.3) is 5.91 Å². The molecular formula is C25H27N3O3. The Balaban J connectivity index is 1.56. The van der Waals surface area contributed by atoms with E-state index >= 15 is 0 Å². The summed E-state index contributed by atoms with van der Waals surface area (Å²) in [6.45, 7) is 7.72. The summed E-state index contributed by atoms with van der Waals surface area (Å²) in [5, 5.41) is 0. The number of hydrogen-bond acceptors (Lipinski definition) is 3. The number of para-hydroxylation sites is 1. The number of carbonyl (C=O) groups is 3. The SMILES string of the molecule is Cc1ccc(C(=O)CCC(=O)NNC(=O)c2cc(C)n(-c3ccccc3)c2C)cc1C. The zero-order valence-electron chi connectivity index (χ0n) is 18.3. The molecule has 1 heterocycles. The quantitative estimate of drug-likeness (QED) is 0.467. The molecule has 160 valence electrons. The fraction of sp³-hybridized carbons (Fsp3) is 0.240. The van der Waals surface area contributed by atoms with E-state index in [0.29, 0.717) is 11.1 Å². The van der Waals surface area contributed by atoms with Crippen LogP contribution < -0.4 is 10.9 Å². The van der Waals surface area contributed by atoms with Gasteiger partial charge < -0.3 is 4.57 Å². The first-order valence-electron chi connectivity index (χ1n) is 10.2. The van der Waals surface area contributed by atoms with Gasteiger partial charge in [-0.2, -0.15) is 0 Å². The monoisotopic (exact) mass is 417 g/mol. The molecule has 0 unspecified atom stereocenters. The Kier molecular flexibility index (Phi) is 6.70. The molecule has 3 aromatic rings. The van der Waals surface area contributed by atoms with E-state index in [1.54, 1.807) is 12.1 Å². The van der Waals surface area contributed by atoms with Gasteiger partial charge in [0.05, 0.1) is 5.56 Å². The molecule has 2 aromatic carbocycles. The molecule has 0 bridgehead atoms. The molecule has 1 aromatic heterocycles. The molecule has 0 aliphatic rings. The first-order valence-corrected chi connectivity index (χ1v) is 10.2. The highest BCUT2D eigenvalue weighted by atomic mass is 16.2. The molecule has 0 fully saturated rings. The topological polar surface area (TPSA) is 80.2 Å². The van der Waals surface area contributed by atoms with Gasteiger partial charge in [-0.25, -0.2) is 0 Å². The number of nitrogens with zero attached hydrogens (tertiary/aromatic N) is 1. The van der Waals surface area contributed by atoms with Gasteiger partial charge in [-0.3, -0.25) is 25.2 Å². The van der Waals surface area contributed by atoms with Crippen LogP contribution in [-0.4, -0.2) is 22.2 Å². The molecule has 0 saturated carbocycles. The lowest BCUT2D eigenvalue weighted by atomic mass is 10.0. The molecule has 0 aliphatic heterocycles. The first kappa shape index (κ1) is 22.0. The molecule has 31 heavy (non-hydrogen) atoms. The summed E-state index contributed by atoms with van der Waals surface area (Å²) in [6.07, 6.45) is 0.0712. The van der Waals surface area contributed by atoms with E-state index in [-0.39, 0.29) is 18.6 Å². The van der Waals surface area contributed by atoms with E-state index in [0.717, 1.165) is 28.2 Å². The van der Waals surface area contributed by atoms with Crippen molar-refractivity contribution in [2.75, 3.05) is 0 Å². The second-order valence-corrected chi connectivity index (χ2v) is 7.68. The number of benzene rings is 2. The van der Waals surface area contributed by atoms with Crippen molar-refractivity contribution in [2.45, 2.75) is 40.5 Å². The smallest absolute Gasteiger partial charge is 0.271 e. The number of aromatic nitrogens is 1. The predicted octanol–water partition coefficient (Wildman–Crippen LogP) is 4.14. The van der Waals surface area contributed by atoms with E-state index < -0.39 is 11.8 Å². The lowest BCUT2D eigenvalue weighted by Crippen LogP contribution is -2.41. The number of hydrazine groups is 1. The maximum atomic E-state index is 12.6. The van der Waals surface area contributed by atoms with Gasteiger partial charge in [-0.05, 0) is 63.1 Å². The van der Waals surface area contributed by atoms with Crippen LogP contribution in [0.4, 0.5) is 0 Å². The van der Waals surface area contributed by atoms with Gasteiger partial charge in [0.15, 0.2) is 5.78 Å². The van der Waals surface area contributed by atoms with Crippen molar-refractivity contribution in [3.63, 3.8) is 0 Å². The highest BCUT2D eigenvalue weighted by Gasteiger charge is 2.17. The van der Waals surface area contributed by atoms with Crippen molar-refractivity contribution in [3.8, 4) is 5.69 Å². The van der Waals surface area contributed by atoms with Crippen LogP contribution in [0.5, 0.6) is 0 Å². The second kappa shape index (κ2) is 9.43. The number of aryl methyl sites for hydroxylation is 3. The lowest BCUT2D eigenvalue weighted by molar-refractivity contribution is -0.121. The van der Waals surface area contributed by atoms with Gasteiger partial charge in [-0.1, -0.05) is 30.3 Å². The number of amides is 2. The van der Waals surface area contributed by atoms with Crippen LogP contribution in [0.2, 0.25) is 0 Å². The van der Waals surface area contributed by atoms with Crippen LogP contribution >= 0.6 is 0 Å². The second-order valence-electron chi connectivity index (χ2n) is 7.68. The summed E-state index contributed by atoms with van der Waals surface area (Å²) >= 11 is 0. The molecule has 0 spiro atoms. The third kappa shape index (κ3) is 5.09. The van der Waals surface area contributed by atoms with Crippen LogP contribution in [0.15, 0.2) is 54.6 Å². The molecule has 6 heteroatoms. The summed E-state index contributed by atoms with van der Waals surface area (Å²) in [4.78, 5) is 37.0. The highest BCUT2D eigenvalue weighted by molar-refractivity contribution is 5.99. The van der Waals surface area contributed by atoms with Gasteiger partial charge in [0.2, 0.25) is 5.91 Å². The Labute approximate surface area is 182 Å². The maximum absolute atomic E-state index is 12.6. The van der Waals surface area contributed by atoms with Gasteiger partial charge in [0.1, 0.15) is 0 Å². The van der Waals surface area contributed by atoms with Crippen LogP contribution in [0, 0.1) is 27.7 Å². The van der Waals surface area contributed by atoms with Gasteiger partial charge in [-0.15, -0.1) is 0 Å². The van der Waals surface area contributed by atoms with E-state index in [1.807, 2.05) is 74.7 Å². The molecular weight excluding hydrogens is 390 g/mol. The molecule has 0 radical (unpaired) electrons. The predicted molar refractivity (Wildman–Crippen MR) is 120 cm³/mol. The van der Waals surface area contributed by atoms with Crippen molar-refractivity contribution in [3.05, 3.63) is 88.2 Å². The third-order valence-electron chi connectivity index (χ3n) is 5.41. The molecule has 3 rings (SSSR count). The summed E-state index contributed by atoms with van der Waals surface area (Å²) in [7, 11) is 0. The number of ketones is 1. The molecule has 2 N–H and O–H groups in total. The zero-order chi connectivity index (χ0) is 22.5. The number of rotatable bonds is 6. The Morgan fingerprint density at radius 1 is 0.806 bits per heavy atom. The normalized spacial score (nSPS) is 10.6. The molecule has 2 amide bonds. The molecule has 0 atom stereocenters. The van der Waals surface area contributed by atoms with Crippen LogP contribution in [0.1, 0.15) is 56.1 Å². The van der Waals surface area contributed by atoms with Crippen LogP contribution in [-0.2, 0) is 4.79 Å². The van der Waals surface area contributed by atoms with Gasteiger partial charge >= 0.3 is 0 Å². The van der Waals surface area contributed by atoms with E-state index in [2.05, 4.69) is 10.9 Å². The lowest BCUT2D eigenvalue weighted by Gasteiger charge is -2.10. The van der Waals surface area contributed by atoms with Crippen molar-refractivity contribution >= 4 is 17.6 Å². The van der Waals surface area contributed by atoms with Crippen LogP contribution in [0.25, 0.3) is 5.69 Å². The standard InChI is InChI=1S/C25H27N3O3/c1-16-10-11-20(14-17(16)2)23(29)12-13-24(30)26-27-25(31)22-15-18(3)28(19(22)4)21-8-6-5-7-9-21/h5-11,14-15H,12-13H2,1-4H3,(H,26,30)(H,27,31). The minimum Gasteiger partial charge on any atom is -0.318 e. The Hall–Kier alpha value is -3.67. The fourth-order valence-electron chi connectivity index (χ4n) is 3.51. The Morgan fingerprint density at radius 3 is 2.19 bits per heavy atom. The molecule has 0 saturated heterocycles. The summed E-state index contributed by atoms with van der Waals surface area (Å²) in [5.74, 6) is -0.914. The minimum absolute atomic E-state index is 0.00489. The minimum atomic E-state index is -0.414. The summed E-state index contributed by atoms with van der Waals surface area (Å²) in [5.41, 5.74) is 10.7. The average molecular weight is 418 g/mol. The summed E-state index contributed by atoms with van der Waals surface area (Å²) < 4.78 is 1.99. The zero-order valence-corrected chi connectivity index (χ0v) is 18.3. The molecule has 6 nitrogen and oxygen atoms in total. The summed E-state index contributed by atoms with van der Waals surface area (Å²) in [6, 6.07) is 17.0. The third-order valence-corrected chi connectivity index (χ3v) is 5.41. The Bertz CT molecular complexity index is 1130. The Morgan fingerprint density at radius 2 is 1.52 bits per heavy atom. The van der Waals surface area contributed by atoms with Crippen molar-refractivity contribution in [1.82, 2.24) is 15.4 Å². The molecule has 0 aliphatic carbocycles. The highest BCUT2D eigenvalue weighted by Crippen LogP contribution is 2.20.